The number of esters is 1. The Morgan fingerprint density at radius 1 is 1.04 bits per heavy atom. The molecule has 0 radical (unpaired) electrons. The van der Waals surface area contributed by atoms with Gasteiger partial charge in [0.2, 0.25) is 0 Å². The number of carbonyl (C=O) groups is 1. The molecule has 0 unspecified atom stereocenters. The highest BCUT2D eigenvalue weighted by Crippen LogP contribution is 2.36. The van der Waals surface area contributed by atoms with E-state index in [1.807, 2.05) is 0 Å². The SMILES string of the molecule is COC(=O)c1ccc(-n2nc(C(F)(F)F)cc2-c2ccccc2OC)cc1. The van der Waals surface area contributed by atoms with Crippen molar-refractivity contribution in [2.24, 2.45) is 0 Å². The van der Waals surface area contributed by atoms with Gasteiger partial charge in [0.05, 0.1) is 31.2 Å². The molecule has 1 heterocycles. The van der Waals surface area contributed by atoms with E-state index >= 15 is 0 Å². The van der Waals surface area contributed by atoms with E-state index in [1.54, 1.807) is 24.3 Å². The summed E-state index contributed by atoms with van der Waals surface area (Å²) in [6.45, 7) is 0. The molecule has 0 N–H and O–H groups in total. The number of rotatable bonds is 4. The summed E-state index contributed by atoms with van der Waals surface area (Å²) in [4.78, 5) is 11.6. The van der Waals surface area contributed by atoms with E-state index in [2.05, 4.69) is 9.84 Å². The minimum absolute atomic E-state index is 0.214. The van der Waals surface area contributed by atoms with E-state index in [1.165, 1.54) is 43.2 Å². The van der Waals surface area contributed by atoms with Crippen molar-refractivity contribution in [2.45, 2.75) is 6.18 Å². The standard InChI is InChI=1S/C19H15F3N2O3/c1-26-16-6-4-3-5-14(16)15-11-17(19(20,21)22)23-24(15)13-9-7-12(8-10-13)18(25)27-2/h3-11H,1-2H3. The lowest BCUT2D eigenvalue weighted by Gasteiger charge is -2.11. The monoisotopic (exact) mass is 376 g/mol. The second-order valence-electron chi connectivity index (χ2n) is 5.56. The summed E-state index contributed by atoms with van der Waals surface area (Å²) in [7, 11) is 2.69. The molecule has 0 saturated carbocycles. The van der Waals surface area contributed by atoms with Crippen molar-refractivity contribution in [3.05, 3.63) is 65.9 Å². The smallest absolute Gasteiger partial charge is 0.435 e. The fourth-order valence-electron chi connectivity index (χ4n) is 2.62. The molecule has 2 aromatic carbocycles. The van der Waals surface area contributed by atoms with Gasteiger partial charge in [0.15, 0.2) is 5.69 Å². The lowest BCUT2D eigenvalue weighted by molar-refractivity contribution is -0.141. The highest BCUT2D eigenvalue weighted by atomic mass is 19.4. The van der Waals surface area contributed by atoms with Crippen LogP contribution >= 0.6 is 0 Å². The Morgan fingerprint density at radius 2 is 1.70 bits per heavy atom. The van der Waals surface area contributed by atoms with Crippen LogP contribution in [0.25, 0.3) is 16.9 Å². The van der Waals surface area contributed by atoms with Gasteiger partial charge in [-0.25, -0.2) is 9.48 Å². The number of halogens is 3. The molecule has 5 nitrogen and oxygen atoms in total. The first-order chi connectivity index (χ1) is 12.8. The van der Waals surface area contributed by atoms with Crippen molar-refractivity contribution in [3.8, 4) is 22.7 Å². The molecule has 8 heteroatoms. The van der Waals surface area contributed by atoms with E-state index in [0.29, 0.717) is 17.0 Å². The molecule has 0 fully saturated rings. The first-order valence-electron chi connectivity index (χ1n) is 7.84. The van der Waals surface area contributed by atoms with Crippen LogP contribution < -0.4 is 4.74 Å². The lowest BCUT2D eigenvalue weighted by atomic mass is 10.1. The van der Waals surface area contributed by atoms with Gasteiger partial charge in [-0.1, -0.05) is 12.1 Å². The Bertz CT molecular complexity index is 963. The number of ether oxygens (including phenoxy) is 2. The number of benzene rings is 2. The van der Waals surface area contributed by atoms with Crippen molar-refractivity contribution < 1.29 is 27.4 Å². The Kier molecular flexibility index (Phi) is 4.89. The van der Waals surface area contributed by atoms with Gasteiger partial charge < -0.3 is 9.47 Å². The zero-order valence-corrected chi connectivity index (χ0v) is 14.4. The van der Waals surface area contributed by atoms with Gasteiger partial charge in [-0.2, -0.15) is 18.3 Å². The van der Waals surface area contributed by atoms with Gasteiger partial charge in [0.1, 0.15) is 5.75 Å². The second kappa shape index (κ2) is 7.14. The zero-order valence-electron chi connectivity index (χ0n) is 14.4. The number of hydrogen-bond acceptors (Lipinski definition) is 4. The topological polar surface area (TPSA) is 53.4 Å². The van der Waals surface area contributed by atoms with E-state index in [0.717, 1.165) is 6.07 Å². The van der Waals surface area contributed by atoms with Crippen LogP contribution in [0.1, 0.15) is 16.1 Å². The van der Waals surface area contributed by atoms with Gasteiger partial charge in [-0.3, -0.25) is 0 Å². The van der Waals surface area contributed by atoms with Crippen molar-refractivity contribution >= 4 is 5.97 Å². The predicted octanol–water partition coefficient (Wildman–Crippen LogP) is 4.35. The summed E-state index contributed by atoms with van der Waals surface area (Å²) < 4.78 is 50.8. The Morgan fingerprint density at radius 3 is 2.30 bits per heavy atom. The van der Waals surface area contributed by atoms with E-state index in [9.17, 15) is 18.0 Å². The highest BCUT2D eigenvalue weighted by Gasteiger charge is 2.35. The van der Waals surface area contributed by atoms with Crippen LogP contribution in [0.2, 0.25) is 0 Å². The van der Waals surface area contributed by atoms with E-state index in [-0.39, 0.29) is 11.3 Å². The van der Waals surface area contributed by atoms with Gasteiger partial charge in [0.25, 0.3) is 0 Å². The number of para-hydroxylation sites is 1. The van der Waals surface area contributed by atoms with Crippen LogP contribution in [0.4, 0.5) is 13.2 Å². The fraction of sp³-hybridized carbons (Fsp3) is 0.158. The normalized spacial score (nSPS) is 11.3. The molecule has 1 aromatic heterocycles. The minimum Gasteiger partial charge on any atom is -0.496 e. The van der Waals surface area contributed by atoms with Crippen molar-refractivity contribution in [1.82, 2.24) is 9.78 Å². The Balaban J connectivity index is 2.17. The third-order valence-electron chi connectivity index (χ3n) is 3.92. The van der Waals surface area contributed by atoms with Crippen LogP contribution in [-0.4, -0.2) is 30.0 Å². The number of methoxy groups -OCH3 is 2. The van der Waals surface area contributed by atoms with Crippen LogP contribution in [0.3, 0.4) is 0 Å². The summed E-state index contributed by atoms with van der Waals surface area (Å²) in [6, 6.07) is 13.6. The molecule has 0 aliphatic carbocycles. The highest BCUT2D eigenvalue weighted by molar-refractivity contribution is 5.89. The van der Waals surface area contributed by atoms with Crippen molar-refractivity contribution in [1.29, 1.82) is 0 Å². The maximum Gasteiger partial charge on any atom is 0.435 e. The van der Waals surface area contributed by atoms with Crippen LogP contribution in [-0.2, 0) is 10.9 Å². The summed E-state index contributed by atoms with van der Waals surface area (Å²) in [5.74, 6) is -0.124. The number of nitrogens with zero attached hydrogens (tertiary/aromatic N) is 2. The molecule has 0 aliphatic rings. The molecule has 0 spiro atoms. The molecule has 3 rings (SSSR count). The molecule has 140 valence electrons. The molecule has 0 saturated heterocycles. The second-order valence-corrected chi connectivity index (χ2v) is 5.56. The largest absolute Gasteiger partial charge is 0.496 e. The fourth-order valence-corrected chi connectivity index (χ4v) is 2.62. The lowest BCUT2D eigenvalue weighted by Crippen LogP contribution is -2.08. The molecular weight excluding hydrogens is 361 g/mol. The third-order valence-corrected chi connectivity index (χ3v) is 3.92. The molecule has 0 atom stereocenters. The molecule has 0 bridgehead atoms. The summed E-state index contributed by atoms with van der Waals surface area (Å²) in [6.07, 6.45) is -4.60. The maximum absolute atomic E-state index is 13.2. The van der Waals surface area contributed by atoms with Gasteiger partial charge in [0, 0.05) is 5.56 Å². The summed E-state index contributed by atoms with van der Waals surface area (Å²) in [5, 5.41) is 3.72. The number of carbonyl (C=O) groups excluding carboxylic acids is 1. The van der Waals surface area contributed by atoms with E-state index < -0.39 is 17.8 Å². The summed E-state index contributed by atoms with van der Waals surface area (Å²) in [5.41, 5.74) is 0.286. The molecular formula is C19H15F3N2O3. The van der Waals surface area contributed by atoms with Gasteiger partial charge in [-0.05, 0) is 42.5 Å². The van der Waals surface area contributed by atoms with Gasteiger partial charge in [-0.15, -0.1) is 0 Å². The van der Waals surface area contributed by atoms with E-state index in [4.69, 9.17) is 4.74 Å². The van der Waals surface area contributed by atoms with Crippen LogP contribution in [0.5, 0.6) is 5.75 Å². The predicted molar refractivity (Wildman–Crippen MR) is 91.9 cm³/mol. The zero-order chi connectivity index (χ0) is 19.6. The maximum atomic E-state index is 13.2. The van der Waals surface area contributed by atoms with Gasteiger partial charge >= 0.3 is 12.1 Å². The first kappa shape index (κ1) is 18.5. The minimum atomic E-state index is -4.60. The van der Waals surface area contributed by atoms with Crippen molar-refractivity contribution in [2.75, 3.05) is 14.2 Å². The van der Waals surface area contributed by atoms with Crippen molar-refractivity contribution in [3.63, 3.8) is 0 Å². The molecule has 0 amide bonds. The third kappa shape index (κ3) is 3.64. The van der Waals surface area contributed by atoms with Crippen LogP contribution in [0, 0.1) is 0 Å². The quantitative estimate of drug-likeness (QED) is 0.635. The number of alkyl halides is 3. The number of aromatic nitrogens is 2. The van der Waals surface area contributed by atoms with Crippen LogP contribution in [0.15, 0.2) is 54.6 Å². The number of hydrogen-bond donors (Lipinski definition) is 0. The molecule has 3 aromatic rings. The molecule has 0 aliphatic heterocycles. The Hall–Kier alpha value is -3.29. The average molecular weight is 376 g/mol. The Labute approximate surface area is 152 Å². The molecule has 27 heavy (non-hydrogen) atoms. The average Bonchev–Trinajstić information content (AvgIpc) is 3.13. The summed E-state index contributed by atoms with van der Waals surface area (Å²) >= 11 is 0. The first-order valence-corrected chi connectivity index (χ1v) is 7.84.